The standard InChI is InChI=1S/C19H31N3OS/c1-14(2)23-13-16-7-5-15(6-8-16)12-21-19(20-3)22-17-9-10-18(11-17)24-4/h5-8,14,17-18H,9-13H2,1-4H3,(H2,20,21,22). The van der Waals surface area contributed by atoms with Crippen molar-refractivity contribution in [2.75, 3.05) is 13.3 Å². The van der Waals surface area contributed by atoms with Gasteiger partial charge in [-0.15, -0.1) is 0 Å². The third-order valence-electron chi connectivity index (χ3n) is 4.35. The maximum absolute atomic E-state index is 5.63. The van der Waals surface area contributed by atoms with Crippen LogP contribution in [0, 0.1) is 0 Å². The fourth-order valence-corrected chi connectivity index (χ4v) is 3.67. The molecule has 4 nitrogen and oxygen atoms in total. The number of nitrogens with zero attached hydrogens (tertiary/aromatic N) is 1. The molecule has 1 fully saturated rings. The topological polar surface area (TPSA) is 45.7 Å². The van der Waals surface area contributed by atoms with Gasteiger partial charge < -0.3 is 15.4 Å². The number of hydrogen-bond donors (Lipinski definition) is 2. The van der Waals surface area contributed by atoms with Gasteiger partial charge in [-0.05, 0) is 50.5 Å². The van der Waals surface area contributed by atoms with E-state index < -0.39 is 0 Å². The number of rotatable bonds is 7. The average molecular weight is 350 g/mol. The lowest BCUT2D eigenvalue weighted by atomic mass is 10.1. The molecule has 0 aliphatic heterocycles. The van der Waals surface area contributed by atoms with Crippen LogP contribution in [0.25, 0.3) is 0 Å². The second-order valence-electron chi connectivity index (χ2n) is 6.61. The summed E-state index contributed by atoms with van der Waals surface area (Å²) in [6.45, 7) is 5.57. The first kappa shape index (κ1) is 19.1. The molecule has 2 unspecified atom stereocenters. The summed E-state index contributed by atoms with van der Waals surface area (Å²) in [4.78, 5) is 4.35. The minimum absolute atomic E-state index is 0.266. The Hall–Kier alpha value is -1.20. The molecule has 1 aliphatic rings. The zero-order chi connectivity index (χ0) is 17.4. The van der Waals surface area contributed by atoms with Gasteiger partial charge in [-0.3, -0.25) is 4.99 Å². The Morgan fingerprint density at radius 3 is 2.54 bits per heavy atom. The number of nitrogens with one attached hydrogen (secondary N) is 2. The first-order valence-corrected chi connectivity index (χ1v) is 10.1. The van der Waals surface area contributed by atoms with Gasteiger partial charge in [-0.1, -0.05) is 24.3 Å². The zero-order valence-electron chi connectivity index (χ0n) is 15.3. The number of aliphatic imine (C=N–C) groups is 1. The van der Waals surface area contributed by atoms with Gasteiger partial charge in [0.2, 0.25) is 0 Å². The molecule has 1 saturated carbocycles. The Kier molecular flexibility index (Phi) is 7.92. The third kappa shape index (κ3) is 6.36. The van der Waals surface area contributed by atoms with Crippen LogP contribution in [0.1, 0.15) is 44.2 Å². The SMILES string of the molecule is CN=C(NCc1ccc(COC(C)C)cc1)NC1CCC(SC)C1. The van der Waals surface area contributed by atoms with Gasteiger partial charge in [0.05, 0.1) is 12.7 Å². The highest BCUT2D eigenvalue weighted by molar-refractivity contribution is 7.99. The predicted octanol–water partition coefficient (Wildman–Crippen LogP) is 3.56. The molecular formula is C19H31N3OS. The minimum Gasteiger partial charge on any atom is -0.374 e. The summed E-state index contributed by atoms with van der Waals surface area (Å²) in [5.74, 6) is 0.897. The van der Waals surface area contributed by atoms with E-state index in [0.717, 1.165) is 17.8 Å². The Balaban J connectivity index is 1.76. The lowest BCUT2D eigenvalue weighted by molar-refractivity contribution is 0.0657. The van der Waals surface area contributed by atoms with E-state index in [1.807, 2.05) is 18.8 Å². The molecular weight excluding hydrogens is 318 g/mol. The number of guanidine groups is 1. The number of ether oxygens (including phenoxy) is 1. The van der Waals surface area contributed by atoms with E-state index in [9.17, 15) is 0 Å². The van der Waals surface area contributed by atoms with Gasteiger partial charge >= 0.3 is 0 Å². The number of hydrogen-bond acceptors (Lipinski definition) is 3. The van der Waals surface area contributed by atoms with E-state index in [4.69, 9.17) is 4.74 Å². The van der Waals surface area contributed by atoms with Crippen molar-refractivity contribution in [3.63, 3.8) is 0 Å². The summed E-state index contributed by atoms with van der Waals surface area (Å²) in [5, 5.41) is 7.76. The van der Waals surface area contributed by atoms with E-state index in [2.05, 4.69) is 60.0 Å². The van der Waals surface area contributed by atoms with E-state index in [1.165, 1.54) is 30.4 Å². The van der Waals surface area contributed by atoms with Gasteiger partial charge in [0, 0.05) is 24.9 Å². The van der Waals surface area contributed by atoms with Gasteiger partial charge in [-0.2, -0.15) is 11.8 Å². The van der Waals surface area contributed by atoms with Crippen LogP contribution in [0.3, 0.4) is 0 Å². The smallest absolute Gasteiger partial charge is 0.191 e. The molecule has 0 radical (unpaired) electrons. The van der Waals surface area contributed by atoms with Crippen LogP contribution in [0.15, 0.2) is 29.3 Å². The second-order valence-corrected chi connectivity index (χ2v) is 7.75. The van der Waals surface area contributed by atoms with E-state index >= 15 is 0 Å². The Morgan fingerprint density at radius 1 is 1.25 bits per heavy atom. The molecule has 134 valence electrons. The number of thioether (sulfide) groups is 1. The summed E-state index contributed by atoms with van der Waals surface area (Å²) in [7, 11) is 1.84. The maximum atomic E-state index is 5.63. The molecule has 24 heavy (non-hydrogen) atoms. The molecule has 0 saturated heterocycles. The van der Waals surface area contributed by atoms with Gasteiger partial charge in [-0.25, -0.2) is 0 Å². The molecule has 1 aromatic rings. The van der Waals surface area contributed by atoms with Crippen molar-refractivity contribution in [3.8, 4) is 0 Å². The first-order chi connectivity index (χ1) is 11.6. The zero-order valence-corrected chi connectivity index (χ0v) is 16.2. The molecule has 0 amide bonds. The Labute approximate surface area is 150 Å². The first-order valence-electron chi connectivity index (χ1n) is 8.80. The summed E-state index contributed by atoms with van der Waals surface area (Å²) in [6.07, 6.45) is 6.23. The van der Waals surface area contributed by atoms with Crippen molar-refractivity contribution < 1.29 is 4.74 Å². The molecule has 2 rings (SSSR count). The summed E-state index contributed by atoms with van der Waals surface area (Å²) >= 11 is 1.98. The van der Waals surface area contributed by atoms with Crippen LogP contribution in [0.4, 0.5) is 0 Å². The molecule has 0 spiro atoms. The lowest BCUT2D eigenvalue weighted by Crippen LogP contribution is -2.42. The van der Waals surface area contributed by atoms with Gasteiger partial charge in [0.15, 0.2) is 5.96 Å². The highest BCUT2D eigenvalue weighted by Crippen LogP contribution is 2.27. The summed E-state index contributed by atoms with van der Waals surface area (Å²) in [6, 6.07) is 9.12. The van der Waals surface area contributed by atoms with Crippen LogP contribution in [0.5, 0.6) is 0 Å². The molecule has 0 bridgehead atoms. The second kappa shape index (κ2) is 9.94. The molecule has 1 aliphatic carbocycles. The van der Waals surface area contributed by atoms with Crippen LogP contribution >= 0.6 is 11.8 Å². The van der Waals surface area contributed by atoms with Crippen LogP contribution in [-0.4, -0.2) is 36.7 Å². The lowest BCUT2D eigenvalue weighted by Gasteiger charge is -2.17. The van der Waals surface area contributed by atoms with E-state index in [0.29, 0.717) is 12.6 Å². The van der Waals surface area contributed by atoms with Crippen molar-refractivity contribution in [3.05, 3.63) is 35.4 Å². The molecule has 5 heteroatoms. The molecule has 2 N–H and O–H groups in total. The van der Waals surface area contributed by atoms with E-state index in [-0.39, 0.29) is 6.10 Å². The molecule has 0 aromatic heterocycles. The van der Waals surface area contributed by atoms with Crippen molar-refractivity contribution >= 4 is 17.7 Å². The van der Waals surface area contributed by atoms with Gasteiger partial charge in [0.1, 0.15) is 0 Å². The Morgan fingerprint density at radius 2 is 1.96 bits per heavy atom. The largest absolute Gasteiger partial charge is 0.374 e. The van der Waals surface area contributed by atoms with E-state index in [1.54, 1.807) is 0 Å². The highest BCUT2D eigenvalue weighted by atomic mass is 32.2. The normalized spacial score (nSPS) is 21.3. The van der Waals surface area contributed by atoms with Crippen LogP contribution in [0.2, 0.25) is 0 Å². The monoisotopic (exact) mass is 349 g/mol. The van der Waals surface area contributed by atoms with Gasteiger partial charge in [0.25, 0.3) is 0 Å². The fraction of sp³-hybridized carbons (Fsp3) is 0.632. The predicted molar refractivity (Wildman–Crippen MR) is 105 cm³/mol. The molecule has 0 heterocycles. The minimum atomic E-state index is 0.266. The maximum Gasteiger partial charge on any atom is 0.191 e. The third-order valence-corrected chi connectivity index (χ3v) is 5.44. The van der Waals surface area contributed by atoms with Crippen LogP contribution < -0.4 is 10.6 Å². The average Bonchev–Trinajstić information content (AvgIpc) is 3.05. The molecule has 1 aromatic carbocycles. The van der Waals surface area contributed by atoms with Crippen molar-refractivity contribution in [2.45, 2.75) is 63.7 Å². The van der Waals surface area contributed by atoms with Crippen molar-refractivity contribution in [1.29, 1.82) is 0 Å². The van der Waals surface area contributed by atoms with Crippen molar-refractivity contribution in [1.82, 2.24) is 10.6 Å². The highest BCUT2D eigenvalue weighted by Gasteiger charge is 2.24. The summed E-state index contributed by atoms with van der Waals surface area (Å²) < 4.78 is 5.63. The quantitative estimate of drug-likeness (QED) is 0.584. The fourth-order valence-electron chi connectivity index (χ4n) is 2.88. The number of benzene rings is 1. The molecule has 2 atom stereocenters. The van der Waals surface area contributed by atoms with Crippen LogP contribution in [-0.2, 0) is 17.9 Å². The Bertz CT molecular complexity index is 516. The van der Waals surface area contributed by atoms with Crippen molar-refractivity contribution in [2.24, 2.45) is 4.99 Å². The summed E-state index contributed by atoms with van der Waals surface area (Å²) in [5.41, 5.74) is 2.46.